The SMILES string of the molecule is N[C@@H](CC(=O)O)C(=O)NCC1(CC(=O)O)CCCCC1. The van der Waals surface area contributed by atoms with Gasteiger partial charge in [-0.05, 0) is 18.3 Å². The smallest absolute Gasteiger partial charge is 0.305 e. The van der Waals surface area contributed by atoms with Crippen LogP contribution in [-0.2, 0) is 14.4 Å². The number of nitrogens with two attached hydrogens (primary N) is 1. The molecule has 0 aromatic carbocycles. The maximum Gasteiger partial charge on any atom is 0.305 e. The zero-order valence-corrected chi connectivity index (χ0v) is 11.4. The molecule has 5 N–H and O–H groups in total. The molecule has 0 unspecified atom stereocenters. The fourth-order valence-electron chi connectivity index (χ4n) is 2.73. The molecule has 0 heterocycles. The van der Waals surface area contributed by atoms with Crippen molar-refractivity contribution in [2.24, 2.45) is 11.1 Å². The van der Waals surface area contributed by atoms with Crippen molar-refractivity contribution < 1.29 is 24.6 Å². The second-order valence-electron chi connectivity index (χ2n) is 5.55. The third-order valence-corrected chi connectivity index (χ3v) is 3.81. The van der Waals surface area contributed by atoms with E-state index in [4.69, 9.17) is 15.9 Å². The lowest BCUT2D eigenvalue weighted by Crippen LogP contribution is -2.47. The second-order valence-corrected chi connectivity index (χ2v) is 5.55. The van der Waals surface area contributed by atoms with E-state index in [1.807, 2.05) is 0 Å². The Hall–Kier alpha value is -1.63. The van der Waals surface area contributed by atoms with Gasteiger partial charge in [0.2, 0.25) is 5.91 Å². The molecule has 1 fully saturated rings. The van der Waals surface area contributed by atoms with E-state index in [0.29, 0.717) is 0 Å². The summed E-state index contributed by atoms with van der Waals surface area (Å²) in [4.78, 5) is 33.2. The summed E-state index contributed by atoms with van der Waals surface area (Å²) in [5.41, 5.74) is 5.04. The average molecular weight is 286 g/mol. The molecular weight excluding hydrogens is 264 g/mol. The molecule has 0 aromatic heterocycles. The van der Waals surface area contributed by atoms with Crippen LogP contribution in [0.1, 0.15) is 44.9 Å². The predicted octanol–water partition coefficient (Wildman–Crippen LogP) is 0.330. The molecule has 0 aromatic rings. The summed E-state index contributed by atoms with van der Waals surface area (Å²) in [6.45, 7) is 0.242. The minimum absolute atomic E-state index is 0.0153. The van der Waals surface area contributed by atoms with E-state index in [-0.39, 0.29) is 13.0 Å². The number of hydrogen-bond acceptors (Lipinski definition) is 4. The van der Waals surface area contributed by atoms with E-state index in [2.05, 4.69) is 5.32 Å². The highest BCUT2D eigenvalue weighted by atomic mass is 16.4. The molecule has 1 atom stereocenters. The minimum atomic E-state index is -1.13. The molecular formula is C13H22N2O5. The zero-order valence-electron chi connectivity index (χ0n) is 11.4. The van der Waals surface area contributed by atoms with E-state index >= 15 is 0 Å². The third kappa shape index (κ3) is 5.16. The van der Waals surface area contributed by atoms with Crippen LogP contribution >= 0.6 is 0 Å². The van der Waals surface area contributed by atoms with Crippen LogP contribution in [-0.4, -0.2) is 40.6 Å². The quantitative estimate of drug-likeness (QED) is 0.533. The maximum absolute atomic E-state index is 11.7. The molecule has 0 aliphatic heterocycles. The van der Waals surface area contributed by atoms with Gasteiger partial charge >= 0.3 is 11.9 Å². The fourth-order valence-corrected chi connectivity index (χ4v) is 2.73. The first-order chi connectivity index (χ1) is 9.34. The van der Waals surface area contributed by atoms with Crippen LogP contribution in [0.2, 0.25) is 0 Å². The lowest BCUT2D eigenvalue weighted by molar-refractivity contribution is -0.140. The van der Waals surface area contributed by atoms with E-state index < -0.39 is 35.7 Å². The van der Waals surface area contributed by atoms with Crippen LogP contribution < -0.4 is 11.1 Å². The topological polar surface area (TPSA) is 130 Å². The number of hydrogen-bond donors (Lipinski definition) is 4. The first-order valence-electron chi connectivity index (χ1n) is 6.81. The molecule has 1 rings (SSSR count). The van der Waals surface area contributed by atoms with Gasteiger partial charge in [-0.3, -0.25) is 14.4 Å². The largest absolute Gasteiger partial charge is 0.481 e. The van der Waals surface area contributed by atoms with Crippen molar-refractivity contribution in [2.75, 3.05) is 6.54 Å². The summed E-state index contributed by atoms with van der Waals surface area (Å²) in [7, 11) is 0. The van der Waals surface area contributed by atoms with Gasteiger partial charge in [0.25, 0.3) is 0 Å². The van der Waals surface area contributed by atoms with Gasteiger partial charge in [-0.2, -0.15) is 0 Å². The lowest BCUT2D eigenvalue weighted by atomic mass is 9.71. The summed E-state index contributed by atoms with van der Waals surface area (Å²) < 4.78 is 0. The molecule has 7 heteroatoms. The van der Waals surface area contributed by atoms with Crippen molar-refractivity contribution in [3.63, 3.8) is 0 Å². The maximum atomic E-state index is 11.7. The molecule has 1 saturated carbocycles. The highest BCUT2D eigenvalue weighted by molar-refractivity contribution is 5.85. The molecule has 0 radical (unpaired) electrons. The van der Waals surface area contributed by atoms with E-state index in [0.717, 1.165) is 32.1 Å². The van der Waals surface area contributed by atoms with Crippen molar-refractivity contribution >= 4 is 17.8 Å². The molecule has 114 valence electrons. The molecule has 7 nitrogen and oxygen atoms in total. The Morgan fingerprint density at radius 1 is 1.10 bits per heavy atom. The minimum Gasteiger partial charge on any atom is -0.481 e. The normalized spacial score (nSPS) is 19.1. The summed E-state index contributed by atoms with van der Waals surface area (Å²) in [6, 6.07) is -1.10. The molecule has 1 aliphatic rings. The number of carboxylic acid groups (broad SMARTS) is 2. The summed E-state index contributed by atoms with van der Waals surface area (Å²) in [5, 5.41) is 20.2. The Morgan fingerprint density at radius 2 is 1.70 bits per heavy atom. The summed E-state index contributed by atoms with van der Waals surface area (Å²) >= 11 is 0. The average Bonchev–Trinajstić information content (AvgIpc) is 2.35. The lowest BCUT2D eigenvalue weighted by Gasteiger charge is -2.36. The molecule has 0 bridgehead atoms. The number of nitrogens with one attached hydrogen (secondary N) is 1. The molecule has 1 amide bonds. The van der Waals surface area contributed by atoms with Crippen molar-refractivity contribution in [1.82, 2.24) is 5.32 Å². The first-order valence-corrected chi connectivity index (χ1v) is 6.81. The van der Waals surface area contributed by atoms with Gasteiger partial charge in [-0.25, -0.2) is 0 Å². The second kappa shape index (κ2) is 7.23. The molecule has 1 aliphatic carbocycles. The van der Waals surface area contributed by atoms with Crippen LogP contribution in [0.5, 0.6) is 0 Å². The number of carboxylic acids is 2. The van der Waals surface area contributed by atoms with Gasteiger partial charge < -0.3 is 21.3 Å². The van der Waals surface area contributed by atoms with Gasteiger partial charge in [0.1, 0.15) is 0 Å². The Bertz CT molecular complexity index is 377. The summed E-state index contributed by atoms with van der Waals surface area (Å²) in [6.07, 6.45) is 4.07. The fraction of sp³-hybridized carbons (Fsp3) is 0.769. The van der Waals surface area contributed by atoms with Crippen LogP contribution in [0.4, 0.5) is 0 Å². The Balaban J connectivity index is 2.55. The van der Waals surface area contributed by atoms with Crippen molar-refractivity contribution in [1.29, 1.82) is 0 Å². The van der Waals surface area contributed by atoms with Crippen LogP contribution in [0.15, 0.2) is 0 Å². The first kappa shape index (κ1) is 16.4. The van der Waals surface area contributed by atoms with E-state index in [1.165, 1.54) is 0 Å². The van der Waals surface area contributed by atoms with Crippen LogP contribution in [0.25, 0.3) is 0 Å². The number of amides is 1. The predicted molar refractivity (Wildman–Crippen MR) is 71.0 cm³/mol. The number of rotatable bonds is 7. The van der Waals surface area contributed by atoms with E-state index in [1.54, 1.807) is 0 Å². The van der Waals surface area contributed by atoms with Gasteiger partial charge in [0.15, 0.2) is 0 Å². The van der Waals surface area contributed by atoms with Crippen molar-refractivity contribution in [3.05, 3.63) is 0 Å². The van der Waals surface area contributed by atoms with Crippen LogP contribution in [0.3, 0.4) is 0 Å². The molecule has 0 saturated heterocycles. The van der Waals surface area contributed by atoms with Gasteiger partial charge in [0.05, 0.1) is 18.9 Å². The Morgan fingerprint density at radius 3 is 2.20 bits per heavy atom. The standard InChI is InChI=1S/C13H22N2O5/c14-9(6-10(16)17)12(20)15-8-13(7-11(18)19)4-2-1-3-5-13/h9H,1-8,14H2,(H,15,20)(H,16,17)(H,18,19)/t9-/m0/s1. The molecule has 0 spiro atoms. The number of carbonyl (C=O) groups excluding carboxylic acids is 1. The highest BCUT2D eigenvalue weighted by Crippen LogP contribution is 2.38. The van der Waals surface area contributed by atoms with Crippen molar-refractivity contribution in [3.8, 4) is 0 Å². The number of carbonyl (C=O) groups is 3. The zero-order chi connectivity index (χ0) is 15.2. The Labute approximate surface area is 117 Å². The monoisotopic (exact) mass is 286 g/mol. The number of aliphatic carboxylic acids is 2. The van der Waals surface area contributed by atoms with Gasteiger partial charge in [-0.1, -0.05) is 19.3 Å². The summed E-state index contributed by atoms with van der Waals surface area (Å²) in [5.74, 6) is -2.55. The highest BCUT2D eigenvalue weighted by Gasteiger charge is 2.35. The van der Waals surface area contributed by atoms with Gasteiger partial charge in [-0.15, -0.1) is 0 Å². The van der Waals surface area contributed by atoms with Gasteiger partial charge in [0, 0.05) is 6.54 Å². The molecule has 20 heavy (non-hydrogen) atoms. The van der Waals surface area contributed by atoms with E-state index in [9.17, 15) is 14.4 Å². The third-order valence-electron chi connectivity index (χ3n) is 3.81. The van der Waals surface area contributed by atoms with Crippen LogP contribution in [0, 0.1) is 5.41 Å². The Kier molecular flexibility index (Phi) is 5.94. The van der Waals surface area contributed by atoms with Crippen molar-refractivity contribution in [2.45, 2.75) is 51.0 Å².